The number of thiocarbonyl (C=S) groups is 1. The maximum absolute atomic E-state index is 13.2. The van der Waals surface area contributed by atoms with Crippen LogP contribution in [-0.4, -0.2) is 37.3 Å². The molecule has 0 radical (unpaired) electrons. The Kier molecular flexibility index (Phi) is 6.27. The molecule has 6 nitrogen and oxygen atoms in total. The van der Waals surface area contributed by atoms with Crippen LogP contribution in [0.3, 0.4) is 0 Å². The molecule has 1 atom stereocenters. The van der Waals surface area contributed by atoms with Gasteiger partial charge in [-0.2, -0.15) is 13.2 Å². The van der Waals surface area contributed by atoms with Gasteiger partial charge in [-0.3, -0.25) is 14.5 Å². The van der Waals surface area contributed by atoms with Gasteiger partial charge in [0.15, 0.2) is 0 Å². The first kappa shape index (κ1) is 22.6. The van der Waals surface area contributed by atoms with Gasteiger partial charge in [0.1, 0.15) is 21.9 Å². The summed E-state index contributed by atoms with van der Waals surface area (Å²) in [6.45, 7) is 1.34. The quantitative estimate of drug-likeness (QED) is 0.457. The van der Waals surface area contributed by atoms with E-state index in [0.29, 0.717) is 0 Å². The van der Waals surface area contributed by atoms with E-state index in [9.17, 15) is 33.0 Å². The Balaban J connectivity index is 1.82. The van der Waals surface area contributed by atoms with Crippen LogP contribution >= 0.6 is 24.0 Å². The number of rotatable bonds is 4. The summed E-state index contributed by atoms with van der Waals surface area (Å²) in [5, 5.41) is 21.5. The fourth-order valence-corrected chi connectivity index (χ4v) is 4.21. The second kappa shape index (κ2) is 8.60. The Morgan fingerprint density at radius 3 is 2.55 bits per heavy atom. The molecule has 3 rings (SSSR count). The molecule has 1 unspecified atom stereocenters. The van der Waals surface area contributed by atoms with Gasteiger partial charge in [-0.15, -0.1) is 0 Å². The lowest BCUT2D eigenvalue weighted by Gasteiger charge is -2.23. The summed E-state index contributed by atoms with van der Waals surface area (Å²) in [6, 6.07) is 7.13. The first-order valence-electron chi connectivity index (χ1n) is 8.75. The number of benzene rings is 2. The highest BCUT2D eigenvalue weighted by atomic mass is 32.2. The van der Waals surface area contributed by atoms with E-state index >= 15 is 0 Å². The molecule has 1 aliphatic heterocycles. The van der Waals surface area contributed by atoms with Crippen molar-refractivity contribution < 1.29 is 33.0 Å². The van der Waals surface area contributed by atoms with E-state index in [0.717, 1.165) is 34.9 Å². The largest absolute Gasteiger partial charge is 0.508 e. The predicted octanol–water partition coefficient (Wildman–Crippen LogP) is 4.35. The minimum absolute atomic E-state index is 0.0428. The van der Waals surface area contributed by atoms with Gasteiger partial charge in [-0.25, -0.2) is 0 Å². The zero-order chi connectivity index (χ0) is 22.9. The lowest BCUT2D eigenvalue weighted by molar-refractivity contribution is -0.137. The summed E-state index contributed by atoms with van der Waals surface area (Å²) in [7, 11) is 0. The lowest BCUT2D eigenvalue weighted by Crippen LogP contribution is -2.44. The number of para-hydroxylation sites is 1. The first-order chi connectivity index (χ1) is 14.5. The predicted molar refractivity (Wildman–Crippen MR) is 114 cm³/mol. The van der Waals surface area contributed by atoms with E-state index in [-0.39, 0.29) is 26.3 Å². The molecule has 0 spiro atoms. The number of aromatic hydroxyl groups is 2. The third kappa shape index (κ3) is 4.83. The summed E-state index contributed by atoms with van der Waals surface area (Å²) in [6.07, 6.45) is -3.32. The van der Waals surface area contributed by atoms with Crippen LogP contribution in [0, 0.1) is 0 Å². The molecule has 31 heavy (non-hydrogen) atoms. The number of anilines is 1. The van der Waals surface area contributed by atoms with Crippen molar-refractivity contribution >= 4 is 51.9 Å². The van der Waals surface area contributed by atoms with Gasteiger partial charge in [0.2, 0.25) is 5.91 Å². The van der Waals surface area contributed by atoms with Crippen molar-refractivity contribution in [3.8, 4) is 11.5 Å². The van der Waals surface area contributed by atoms with Crippen molar-refractivity contribution in [1.29, 1.82) is 0 Å². The third-order valence-electron chi connectivity index (χ3n) is 4.38. The minimum atomic E-state index is -4.66. The number of amides is 2. The summed E-state index contributed by atoms with van der Waals surface area (Å²) in [4.78, 5) is 26.5. The molecule has 1 fully saturated rings. The van der Waals surface area contributed by atoms with Crippen molar-refractivity contribution in [1.82, 2.24) is 4.90 Å². The average molecular weight is 468 g/mol. The van der Waals surface area contributed by atoms with Crippen LogP contribution in [-0.2, 0) is 15.8 Å². The molecule has 0 aromatic heterocycles. The van der Waals surface area contributed by atoms with Gasteiger partial charge in [0.25, 0.3) is 5.91 Å². The summed E-state index contributed by atoms with van der Waals surface area (Å²) in [5.74, 6) is -1.90. The highest BCUT2D eigenvalue weighted by molar-refractivity contribution is 8.26. The van der Waals surface area contributed by atoms with Crippen molar-refractivity contribution in [3.63, 3.8) is 0 Å². The van der Waals surface area contributed by atoms with Gasteiger partial charge in [-0.05, 0) is 37.3 Å². The summed E-state index contributed by atoms with van der Waals surface area (Å²) in [5.41, 5.74) is -1.19. The number of phenols is 2. The maximum Gasteiger partial charge on any atom is 0.418 e. The highest BCUT2D eigenvalue weighted by Gasteiger charge is 2.39. The van der Waals surface area contributed by atoms with Crippen LogP contribution < -0.4 is 5.32 Å². The maximum atomic E-state index is 13.2. The van der Waals surface area contributed by atoms with Crippen LogP contribution in [0.15, 0.2) is 47.4 Å². The number of nitrogens with zero attached hydrogens (tertiary/aromatic N) is 1. The van der Waals surface area contributed by atoms with Crippen LogP contribution in [0.5, 0.6) is 11.5 Å². The second-order valence-electron chi connectivity index (χ2n) is 6.50. The molecular weight excluding hydrogens is 453 g/mol. The number of halogens is 3. The Bertz CT molecular complexity index is 1100. The molecular formula is C20H15F3N2O4S2. The monoisotopic (exact) mass is 468 g/mol. The third-order valence-corrected chi connectivity index (χ3v) is 5.71. The van der Waals surface area contributed by atoms with E-state index in [1.807, 2.05) is 0 Å². The van der Waals surface area contributed by atoms with E-state index in [1.54, 1.807) is 0 Å². The second-order valence-corrected chi connectivity index (χ2v) is 8.18. The van der Waals surface area contributed by atoms with Crippen LogP contribution in [0.2, 0.25) is 0 Å². The molecule has 1 aliphatic rings. The Labute approximate surface area is 184 Å². The normalized spacial score (nSPS) is 16.6. The highest BCUT2D eigenvalue weighted by Crippen LogP contribution is 2.37. The zero-order valence-corrected chi connectivity index (χ0v) is 17.4. The molecule has 1 heterocycles. The minimum Gasteiger partial charge on any atom is -0.508 e. The molecule has 2 aromatic carbocycles. The molecule has 11 heteroatoms. The molecule has 2 amide bonds. The average Bonchev–Trinajstić information content (AvgIpc) is 2.96. The number of thioether (sulfide) groups is 1. The number of nitrogens with one attached hydrogen (secondary N) is 1. The number of alkyl halides is 3. The zero-order valence-electron chi connectivity index (χ0n) is 15.8. The SMILES string of the molecule is CC(C(=O)Nc1ccccc1C(F)(F)F)N1C(=O)/C(=C/c2ccc(O)cc2O)SC1=S. The molecule has 0 aliphatic carbocycles. The van der Waals surface area contributed by atoms with Crippen molar-refractivity contribution in [2.75, 3.05) is 5.32 Å². The molecule has 0 bridgehead atoms. The molecule has 3 N–H and O–H groups in total. The van der Waals surface area contributed by atoms with E-state index in [1.165, 1.54) is 37.3 Å². The van der Waals surface area contributed by atoms with Crippen LogP contribution in [0.25, 0.3) is 6.08 Å². The van der Waals surface area contributed by atoms with Gasteiger partial charge >= 0.3 is 6.18 Å². The fraction of sp³-hybridized carbons (Fsp3) is 0.150. The molecule has 2 aromatic rings. The molecule has 162 valence electrons. The number of hydrogen-bond acceptors (Lipinski definition) is 6. The van der Waals surface area contributed by atoms with Crippen molar-refractivity contribution in [2.45, 2.75) is 19.1 Å². The number of hydrogen-bond donors (Lipinski definition) is 3. The van der Waals surface area contributed by atoms with Crippen LogP contribution in [0.1, 0.15) is 18.1 Å². The van der Waals surface area contributed by atoms with Gasteiger partial charge < -0.3 is 15.5 Å². The van der Waals surface area contributed by atoms with E-state index < -0.39 is 35.3 Å². The lowest BCUT2D eigenvalue weighted by atomic mass is 10.1. The molecule has 0 saturated carbocycles. The Hall–Kier alpha value is -3.05. The number of carbonyl (C=O) groups excluding carboxylic acids is 2. The Morgan fingerprint density at radius 1 is 1.23 bits per heavy atom. The van der Waals surface area contributed by atoms with E-state index in [4.69, 9.17) is 12.2 Å². The van der Waals surface area contributed by atoms with Crippen molar-refractivity contribution in [2.24, 2.45) is 0 Å². The molecule has 1 saturated heterocycles. The van der Waals surface area contributed by atoms with Gasteiger partial charge in [-0.1, -0.05) is 36.1 Å². The summed E-state index contributed by atoms with van der Waals surface area (Å²) >= 11 is 6.06. The topological polar surface area (TPSA) is 89.9 Å². The standard InChI is InChI=1S/C20H15F3N2O4S2/c1-10(17(28)24-14-5-3-2-4-13(14)20(21,22)23)25-18(29)16(31-19(25)30)8-11-6-7-12(26)9-15(11)27/h2-10,26-27H,1H3,(H,24,28)/b16-8-. The first-order valence-corrected chi connectivity index (χ1v) is 9.97. The van der Waals surface area contributed by atoms with E-state index in [2.05, 4.69) is 5.32 Å². The fourth-order valence-electron chi connectivity index (χ4n) is 2.80. The summed E-state index contributed by atoms with van der Waals surface area (Å²) < 4.78 is 39.5. The van der Waals surface area contributed by atoms with Crippen LogP contribution in [0.4, 0.5) is 18.9 Å². The smallest absolute Gasteiger partial charge is 0.418 e. The number of phenolic OH excluding ortho intramolecular Hbond substituents is 2. The van der Waals surface area contributed by atoms with Crippen molar-refractivity contribution in [3.05, 3.63) is 58.5 Å². The van der Waals surface area contributed by atoms with Gasteiger partial charge in [0.05, 0.1) is 16.2 Å². The Morgan fingerprint density at radius 2 is 1.90 bits per heavy atom. The number of carbonyl (C=O) groups is 2. The van der Waals surface area contributed by atoms with Gasteiger partial charge in [0, 0.05) is 11.6 Å².